The van der Waals surface area contributed by atoms with Crippen molar-refractivity contribution in [1.82, 2.24) is 9.97 Å². The van der Waals surface area contributed by atoms with Gasteiger partial charge in [-0.15, -0.1) is 0 Å². The molecule has 7 heteroatoms. The van der Waals surface area contributed by atoms with Crippen molar-refractivity contribution in [2.24, 2.45) is 0 Å². The Bertz CT molecular complexity index is 358. The number of anilines is 1. The molecule has 0 saturated carbocycles. The second-order valence-electron chi connectivity index (χ2n) is 3.04. The number of carbonyl (C=O) groups is 1. The van der Waals surface area contributed by atoms with Crippen molar-refractivity contribution in [2.45, 2.75) is 6.04 Å². The Morgan fingerprint density at radius 1 is 1.56 bits per heavy atom. The van der Waals surface area contributed by atoms with Crippen LogP contribution in [0.15, 0.2) is 12.4 Å². The molecule has 0 aliphatic rings. The topological polar surface area (TPSA) is 105 Å². The Hall–Kier alpha value is -1.73. The van der Waals surface area contributed by atoms with Crippen molar-refractivity contribution in [3.8, 4) is 0 Å². The summed E-state index contributed by atoms with van der Waals surface area (Å²) < 4.78 is 4.85. The fourth-order valence-corrected chi connectivity index (χ4v) is 1.13. The van der Waals surface area contributed by atoms with E-state index in [1.54, 1.807) is 0 Å². The molecule has 1 atom stereocenters. The molecule has 1 rings (SSSR count). The maximum Gasteiger partial charge on any atom is 0.358 e. The van der Waals surface area contributed by atoms with Crippen molar-refractivity contribution in [3.05, 3.63) is 18.1 Å². The third-order valence-corrected chi connectivity index (χ3v) is 1.83. The fourth-order valence-electron chi connectivity index (χ4n) is 1.13. The van der Waals surface area contributed by atoms with Gasteiger partial charge in [0.1, 0.15) is 0 Å². The normalized spacial score (nSPS) is 12.1. The van der Waals surface area contributed by atoms with E-state index < -0.39 is 12.0 Å². The number of carboxylic acids is 1. The lowest BCUT2D eigenvalue weighted by Gasteiger charge is -2.16. The van der Waals surface area contributed by atoms with Crippen LogP contribution in [0.3, 0.4) is 0 Å². The van der Waals surface area contributed by atoms with E-state index in [9.17, 15) is 4.79 Å². The van der Waals surface area contributed by atoms with Crippen LogP contribution in [0.2, 0.25) is 0 Å². The molecule has 0 fully saturated rings. The van der Waals surface area contributed by atoms with E-state index in [0.717, 1.165) is 0 Å². The molecular weight excluding hydrogens is 214 g/mol. The first-order chi connectivity index (χ1) is 7.69. The van der Waals surface area contributed by atoms with Crippen LogP contribution >= 0.6 is 0 Å². The zero-order chi connectivity index (χ0) is 12.0. The molecule has 3 N–H and O–H groups in total. The maximum absolute atomic E-state index is 10.8. The second-order valence-corrected chi connectivity index (χ2v) is 3.04. The number of ether oxygens (including phenoxy) is 1. The molecule has 1 heterocycles. The molecule has 1 aromatic heterocycles. The van der Waals surface area contributed by atoms with Crippen LogP contribution in [0.4, 0.5) is 5.82 Å². The highest BCUT2D eigenvalue weighted by molar-refractivity contribution is 5.90. The van der Waals surface area contributed by atoms with Gasteiger partial charge in [-0.2, -0.15) is 0 Å². The molecule has 0 aromatic carbocycles. The van der Waals surface area contributed by atoms with Gasteiger partial charge in [-0.3, -0.25) is 0 Å². The van der Waals surface area contributed by atoms with E-state index in [2.05, 4.69) is 15.3 Å². The molecule has 0 aliphatic carbocycles. The summed E-state index contributed by atoms with van der Waals surface area (Å²) in [5.74, 6) is -1.06. The van der Waals surface area contributed by atoms with Gasteiger partial charge < -0.3 is 20.3 Å². The first-order valence-corrected chi connectivity index (χ1v) is 4.59. The number of hydrogen-bond acceptors (Lipinski definition) is 6. The van der Waals surface area contributed by atoms with Crippen LogP contribution in [0.25, 0.3) is 0 Å². The smallest absolute Gasteiger partial charge is 0.358 e. The molecule has 0 aliphatic heterocycles. The Morgan fingerprint density at radius 3 is 2.81 bits per heavy atom. The van der Waals surface area contributed by atoms with Crippen LogP contribution in [0, 0.1) is 0 Å². The highest BCUT2D eigenvalue weighted by atomic mass is 16.5. The Morgan fingerprint density at radius 2 is 2.25 bits per heavy atom. The van der Waals surface area contributed by atoms with Gasteiger partial charge in [-0.1, -0.05) is 0 Å². The van der Waals surface area contributed by atoms with E-state index in [4.69, 9.17) is 14.9 Å². The quantitative estimate of drug-likeness (QED) is 0.607. The number of nitrogens with one attached hydrogen (secondary N) is 1. The van der Waals surface area contributed by atoms with Crippen LogP contribution in [0.1, 0.15) is 10.5 Å². The SMILES string of the molecule is COCC(CO)Nc1nccnc1C(=O)O. The standard InChI is InChI=1S/C9H13N3O4/c1-16-5-6(4-13)12-8-7(9(14)15)10-2-3-11-8/h2-3,6,13H,4-5H2,1H3,(H,11,12)(H,14,15). The van der Waals surface area contributed by atoms with Gasteiger partial charge in [0.2, 0.25) is 0 Å². The lowest BCUT2D eigenvalue weighted by atomic mass is 10.3. The minimum atomic E-state index is -1.18. The zero-order valence-electron chi connectivity index (χ0n) is 8.75. The second kappa shape index (κ2) is 5.99. The molecule has 0 amide bonds. The van der Waals surface area contributed by atoms with E-state index in [0.29, 0.717) is 0 Å². The highest BCUT2D eigenvalue weighted by Gasteiger charge is 2.15. The van der Waals surface area contributed by atoms with E-state index in [-0.39, 0.29) is 24.7 Å². The van der Waals surface area contributed by atoms with E-state index in [1.807, 2.05) is 0 Å². The van der Waals surface area contributed by atoms with Crippen molar-refractivity contribution in [1.29, 1.82) is 0 Å². The minimum Gasteiger partial charge on any atom is -0.476 e. The Kier molecular flexibility index (Phi) is 4.62. The highest BCUT2D eigenvalue weighted by Crippen LogP contribution is 2.09. The zero-order valence-corrected chi connectivity index (χ0v) is 8.75. The number of methoxy groups -OCH3 is 1. The summed E-state index contributed by atoms with van der Waals surface area (Å²) in [6.07, 6.45) is 2.66. The van der Waals surface area contributed by atoms with Crippen molar-refractivity contribution >= 4 is 11.8 Å². The molecule has 0 saturated heterocycles. The van der Waals surface area contributed by atoms with Gasteiger partial charge >= 0.3 is 5.97 Å². The molecule has 1 unspecified atom stereocenters. The molecule has 0 radical (unpaired) electrons. The number of aliphatic hydroxyl groups excluding tert-OH is 1. The number of aromatic nitrogens is 2. The van der Waals surface area contributed by atoms with Crippen molar-refractivity contribution in [3.63, 3.8) is 0 Å². The van der Waals surface area contributed by atoms with Gasteiger partial charge in [0.15, 0.2) is 11.5 Å². The van der Waals surface area contributed by atoms with Crippen LogP contribution in [0.5, 0.6) is 0 Å². The molecule has 1 aromatic rings. The van der Waals surface area contributed by atoms with Crippen LogP contribution in [-0.4, -0.2) is 52.5 Å². The van der Waals surface area contributed by atoms with Gasteiger partial charge in [0, 0.05) is 19.5 Å². The summed E-state index contributed by atoms with van der Waals surface area (Å²) in [5, 5.41) is 20.6. The third kappa shape index (κ3) is 3.14. The summed E-state index contributed by atoms with van der Waals surface area (Å²) in [6.45, 7) is 0.0512. The molecule has 0 spiro atoms. The summed E-state index contributed by atoms with van der Waals surface area (Å²) in [6, 6.07) is -0.417. The number of nitrogens with zero attached hydrogens (tertiary/aromatic N) is 2. The number of aliphatic hydroxyl groups is 1. The maximum atomic E-state index is 10.8. The van der Waals surface area contributed by atoms with E-state index in [1.165, 1.54) is 19.5 Å². The lowest BCUT2D eigenvalue weighted by molar-refractivity contribution is 0.0690. The number of aromatic carboxylic acids is 1. The predicted octanol–water partition coefficient (Wildman–Crippen LogP) is -0.406. The third-order valence-electron chi connectivity index (χ3n) is 1.83. The summed E-state index contributed by atoms with van der Waals surface area (Å²) in [5.41, 5.74) is -0.183. The van der Waals surface area contributed by atoms with Gasteiger partial charge in [-0.25, -0.2) is 14.8 Å². The van der Waals surface area contributed by atoms with Crippen molar-refractivity contribution in [2.75, 3.05) is 25.6 Å². The van der Waals surface area contributed by atoms with Crippen LogP contribution < -0.4 is 5.32 Å². The van der Waals surface area contributed by atoms with E-state index >= 15 is 0 Å². The Labute approximate surface area is 92.1 Å². The van der Waals surface area contributed by atoms with Crippen molar-refractivity contribution < 1.29 is 19.7 Å². The first-order valence-electron chi connectivity index (χ1n) is 4.59. The predicted molar refractivity (Wildman–Crippen MR) is 55.4 cm³/mol. The summed E-state index contributed by atoms with van der Waals surface area (Å²) >= 11 is 0. The molecule has 7 nitrogen and oxygen atoms in total. The minimum absolute atomic E-state index is 0.117. The fraction of sp³-hybridized carbons (Fsp3) is 0.444. The van der Waals surface area contributed by atoms with Gasteiger partial charge in [-0.05, 0) is 0 Å². The molecule has 88 valence electrons. The monoisotopic (exact) mass is 227 g/mol. The van der Waals surface area contributed by atoms with Gasteiger partial charge in [0.05, 0.1) is 19.3 Å². The number of rotatable bonds is 6. The largest absolute Gasteiger partial charge is 0.476 e. The number of hydrogen-bond donors (Lipinski definition) is 3. The lowest BCUT2D eigenvalue weighted by Crippen LogP contribution is -2.30. The molecule has 16 heavy (non-hydrogen) atoms. The number of carboxylic acid groups (broad SMARTS) is 1. The Balaban J connectivity index is 2.82. The van der Waals surface area contributed by atoms with Gasteiger partial charge in [0.25, 0.3) is 0 Å². The molecule has 0 bridgehead atoms. The summed E-state index contributed by atoms with van der Waals surface area (Å²) in [4.78, 5) is 18.3. The van der Waals surface area contributed by atoms with Crippen LogP contribution in [-0.2, 0) is 4.74 Å². The summed E-state index contributed by atoms with van der Waals surface area (Å²) in [7, 11) is 1.49. The molecular formula is C9H13N3O4. The average molecular weight is 227 g/mol. The average Bonchev–Trinajstić information content (AvgIpc) is 2.29. The first kappa shape index (κ1) is 12.3.